The van der Waals surface area contributed by atoms with Crippen molar-refractivity contribution in [2.75, 3.05) is 25.1 Å². The Bertz CT molecular complexity index is 921. The lowest BCUT2D eigenvalue weighted by Crippen LogP contribution is -2.31. The molecule has 1 aliphatic rings. The van der Waals surface area contributed by atoms with E-state index in [1.807, 2.05) is 18.2 Å². The van der Waals surface area contributed by atoms with Crippen molar-refractivity contribution in [3.63, 3.8) is 0 Å². The van der Waals surface area contributed by atoms with Gasteiger partial charge >= 0.3 is 12.1 Å². The van der Waals surface area contributed by atoms with Gasteiger partial charge in [-0.25, -0.2) is 0 Å². The first kappa shape index (κ1) is 21.1. The van der Waals surface area contributed by atoms with Gasteiger partial charge in [-0.05, 0) is 54.3 Å². The molecule has 0 fully saturated rings. The van der Waals surface area contributed by atoms with Crippen molar-refractivity contribution in [1.29, 1.82) is 5.26 Å². The third-order valence-corrected chi connectivity index (χ3v) is 5.44. The number of carbonyl (C=O) groups excluding carboxylic acids is 3. The van der Waals surface area contributed by atoms with Crippen LogP contribution in [0.25, 0.3) is 16.5 Å². The van der Waals surface area contributed by atoms with Crippen LogP contribution in [0.15, 0.2) is 36.4 Å². The van der Waals surface area contributed by atoms with Crippen molar-refractivity contribution in [1.82, 2.24) is 0 Å². The van der Waals surface area contributed by atoms with E-state index in [1.165, 1.54) is 34.9 Å². The van der Waals surface area contributed by atoms with Gasteiger partial charge in [-0.15, -0.1) is 11.3 Å². The second-order valence-corrected chi connectivity index (χ2v) is 7.12. The molecule has 144 valence electrons. The molecule has 0 saturated heterocycles. The average molecular weight is 396 g/mol. The van der Waals surface area contributed by atoms with Crippen LogP contribution in [-0.2, 0) is 25.5 Å². The van der Waals surface area contributed by atoms with Crippen LogP contribution >= 0.6 is 11.3 Å². The fraction of sp³-hybridized carbons (Fsp3) is 0.286. The Balaban J connectivity index is 0.000000878. The largest absolute Gasteiger partial charge is 0.469 e. The summed E-state index contributed by atoms with van der Waals surface area (Å²) < 4.78 is 4.75. The Morgan fingerprint density at radius 3 is 2.82 bits per heavy atom. The standard InChI is InChI=1S/C20H20N2O2S.CO2/c1-24-20(23)10-13-22-12-3-4-15-14-16(6-8-18(15)22)19-9-7-17(25-19)5-2-11-21;2-1-3/h2,5-9,14H,3-4,10,12-13H2,1H3;/b5-2-;. The third kappa shape index (κ3) is 5.65. The minimum Gasteiger partial charge on any atom is -0.469 e. The van der Waals surface area contributed by atoms with Gasteiger partial charge in [0.1, 0.15) is 0 Å². The highest BCUT2D eigenvalue weighted by Crippen LogP contribution is 2.34. The van der Waals surface area contributed by atoms with Gasteiger partial charge in [-0.1, -0.05) is 6.07 Å². The SMILES string of the molecule is COC(=O)CCN1CCCc2cc(-c3ccc(/C=C\C#N)s3)ccc21.O=C=O. The number of ether oxygens (including phenoxy) is 1. The van der Waals surface area contributed by atoms with Crippen molar-refractivity contribution in [2.45, 2.75) is 19.3 Å². The molecular weight excluding hydrogens is 376 g/mol. The third-order valence-electron chi connectivity index (χ3n) is 4.34. The van der Waals surface area contributed by atoms with Crippen LogP contribution in [0, 0.1) is 11.3 Å². The quantitative estimate of drug-likeness (QED) is 0.566. The number of anilines is 1. The first-order valence-electron chi connectivity index (χ1n) is 8.73. The molecule has 3 rings (SSSR count). The number of nitriles is 1. The summed E-state index contributed by atoms with van der Waals surface area (Å²) in [6, 6.07) is 12.7. The highest BCUT2D eigenvalue weighted by Gasteiger charge is 2.18. The molecule has 0 saturated carbocycles. The van der Waals surface area contributed by atoms with E-state index in [4.69, 9.17) is 19.6 Å². The van der Waals surface area contributed by atoms with E-state index in [9.17, 15) is 4.79 Å². The number of hydrogen-bond acceptors (Lipinski definition) is 7. The summed E-state index contributed by atoms with van der Waals surface area (Å²) in [4.78, 5) is 32.2. The molecule has 0 atom stereocenters. The highest BCUT2D eigenvalue weighted by molar-refractivity contribution is 7.16. The van der Waals surface area contributed by atoms with Gasteiger partial charge in [-0.3, -0.25) is 4.79 Å². The van der Waals surface area contributed by atoms with Crippen LogP contribution in [0.4, 0.5) is 5.69 Å². The monoisotopic (exact) mass is 396 g/mol. The molecule has 1 aromatic heterocycles. The van der Waals surface area contributed by atoms with E-state index in [-0.39, 0.29) is 12.1 Å². The zero-order valence-corrected chi connectivity index (χ0v) is 16.3. The van der Waals surface area contributed by atoms with Crippen LogP contribution in [0.1, 0.15) is 23.3 Å². The number of rotatable bonds is 5. The number of carbonyl (C=O) groups is 1. The zero-order chi connectivity index (χ0) is 20.4. The van der Waals surface area contributed by atoms with E-state index in [0.29, 0.717) is 13.0 Å². The van der Waals surface area contributed by atoms with Crippen LogP contribution in [0.2, 0.25) is 0 Å². The van der Waals surface area contributed by atoms with Gasteiger partial charge in [0.05, 0.1) is 19.6 Å². The molecule has 2 heterocycles. The number of fused-ring (bicyclic) bond motifs is 1. The second kappa shape index (κ2) is 10.8. The molecule has 2 aromatic rings. The molecule has 6 nitrogen and oxygen atoms in total. The van der Waals surface area contributed by atoms with Crippen LogP contribution in [-0.4, -0.2) is 32.3 Å². The Morgan fingerprint density at radius 2 is 2.11 bits per heavy atom. The maximum absolute atomic E-state index is 11.4. The van der Waals surface area contributed by atoms with Gasteiger partial charge in [0.25, 0.3) is 0 Å². The minimum absolute atomic E-state index is 0.166. The molecule has 0 unspecified atom stereocenters. The van der Waals surface area contributed by atoms with Gasteiger partial charge in [0.2, 0.25) is 0 Å². The van der Waals surface area contributed by atoms with Crippen molar-refractivity contribution in [3.8, 4) is 16.5 Å². The average Bonchev–Trinajstić information content (AvgIpc) is 3.19. The Labute approximate surface area is 167 Å². The molecule has 28 heavy (non-hydrogen) atoms. The molecule has 0 amide bonds. The highest BCUT2D eigenvalue weighted by atomic mass is 32.1. The zero-order valence-electron chi connectivity index (χ0n) is 15.5. The summed E-state index contributed by atoms with van der Waals surface area (Å²) in [7, 11) is 1.43. The minimum atomic E-state index is -0.166. The van der Waals surface area contributed by atoms with E-state index >= 15 is 0 Å². The van der Waals surface area contributed by atoms with Gasteiger partial charge < -0.3 is 9.64 Å². The molecule has 7 heteroatoms. The summed E-state index contributed by atoms with van der Waals surface area (Å²) in [5.41, 5.74) is 3.76. The number of allylic oxidation sites excluding steroid dienone is 1. The second-order valence-electron chi connectivity index (χ2n) is 6.01. The van der Waals surface area contributed by atoms with Gasteiger partial charge in [0, 0.05) is 34.6 Å². The van der Waals surface area contributed by atoms with Crippen molar-refractivity contribution >= 4 is 35.2 Å². The van der Waals surface area contributed by atoms with Crippen LogP contribution in [0.5, 0.6) is 0 Å². The van der Waals surface area contributed by atoms with Crippen LogP contribution in [0.3, 0.4) is 0 Å². The number of thiophene rings is 1. The Kier molecular flexibility index (Phi) is 8.16. The summed E-state index contributed by atoms with van der Waals surface area (Å²) >= 11 is 1.68. The lowest BCUT2D eigenvalue weighted by atomic mass is 9.98. The molecule has 0 radical (unpaired) electrons. The number of nitrogens with zero attached hydrogens (tertiary/aromatic N) is 2. The maximum Gasteiger partial charge on any atom is 0.373 e. The predicted molar refractivity (Wildman–Crippen MR) is 107 cm³/mol. The van der Waals surface area contributed by atoms with E-state index in [2.05, 4.69) is 29.2 Å². The van der Waals surface area contributed by atoms with Crippen molar-refractivity contribution in [2.24, 2.45) is 0 Å². The Hall–Kier alpha value is -3.20. The van der Waals surface area contributed by atoms with E-state index in [0.717, 1.165) is 24.3 Å². The Morgan fingerprint density at radius 1 is 1.32 bits per heavy atom. The molecule has 0 spiro atoms. The summed E-state index contributed by atoms with van der Waals surface area (Å²) in [5.74, 6) is -0.166. The predicted octanol–water partition coefficient (Wildman–Crippen LogP) is 3.68. The summed E-state index contributed by atoms with van der Waals surface area (Å²) in [6.07, 6.45) is 6.16. The molecular formula is C21H20N2O4S. The molecule has 0 N–H and O–H groups in total. The van der Waals surface area contributed by atoms with Crippen molar-refractivity contribution in [3.05, 3.63) is 46.8 Å². The smallest absolute Gasteiger partial charge is 0.373 e. The number of methoxy groups -OCH3 is 1. The van der Waals surface area contributed by atoms with Crippen molar-refractivity contribution < 1.29 is 19.1 Å². The summed E-state index contributed by atoms with van der Waals surface area (Å²) in [5, 5.41) is 8.64. The maximum atomic E-state index is 11.4. The lowest BCUT2D eigenvalue weighted by Gasteiger charge is -2.31. The lowest BCUT2D eigenvalue weighted by molar-refractivity contribution is -0.191. The van der Waals surface area contributed by atoms with E-state index in [1.54, 1.807) is 11.3 Å². The first-order chi connectivity index (χ1) is 13.6. The topological polar surface area (TPSA) is 87.5 Å². The number of hydrogen-bond donors (Lipinski definition) is 0. The molecule has 0 bridgehead atoms. The fourth-order valence-corrected chi connectivity index (χ4v) is 4.01. The molecule has 1 aliphatic heterocycles. The fourth-order valence-electron chi connectivity index (χ4n) is 3.11. The van der Waals surface area contributed by atoms with Gasteiger partial charge in [-0.2, -0.15) is 14.9 Å². The number of aryl methyl sites for hydroxylation is 1. The summed E-state index contributed by atoms with van der Waals surface area (Å²) in [6.45, 7) is 1.67. The normalized spacial score (nSPS) is 12.4. The number of benzene rings is 1. The van der Waals surface area contributed by atoms with Crippen LogP contribution < -0.4 is 4.90 Å². The number of esters is 1. The van der Waals surface area contributed by atoms with E-state index < -0.39 is 0 Å². The molecule has 1 aromatic carbocycles. The van der Waals surface area contributed by atoms with Gasteiger partial charge in [0.15, 0.2) is 0 Å². The first-order valence-corrected chi connectivity index (χ1v) is 9.55. The molecule has 0 aliphatic carbocycles.